The molecule has 1 fully saturated rings. The van der Waals surface area contributed by atoms with Crippen molar-refractivity contribution in [3.8, 4) is 11.1 Å². The van der Waals surface area contributed by atoms with E-state index in [4.69, 9.17) is 5.73 Å². The Bertz CT molecular complexity index is 556. The molecule has 2 aromatic rings. The van der Waals surface area contributed by atoms with E-state index in [0.717, 1.165) is 15.6 Å². The Morgan fingerprint density at radius 2 is 2.06 bits per heavy atom. The van der Waals surface area contributed by atoms with Crippen LogP contribution in [0.3, 0.4) is 0 Å². The van der Waals surface area contributed by atoms with Gasteiger partial charge in [0.25, 0.3) is 0 Å². The molecule has 94 valence electrons. The highest BCUT2D eigenvalue weighted by atomic mass is 79.9. The molecule has 3 N–H and O–H groups in total. The van der Waals surface area contributed by atoms with Crippen molar-refractivity contribution in [3.05, 3.63) is 34.4 Å². The number of hydrogen-bond donors (Lipinski definition) is 2. The summed E-state index contributed by atoms with van der Waals surface area (Å²) in [6, 6.07) is 8.24. The monoisotopic (exact) mass is 305 g/mol. The number of H-pyrrole nitrogens is 1. The highest BCUT2D eigenvalue weighted by molar-refractivity contribution is 9.10. The van der Waals surface area contributed by atoms with E-state index in [9.17, 15) is 0 Å². The van der Waals surface area contributed by atoms with E-state index in [0.29, 0.717) is 11.7 Å². The number of nitrogens with one attached hydrogen (secondary N) is 1. The van der Waals surface area contributed by atoms with Gasteiger partial charge in [-0.15, -0.1) is 0 Å². The Labute approximate surface area is 115 Å². The second-order valence-corrected chi connectivity index (χ2v) is 5.80. The lowest BCUT2D eigenvalue weighted by Crippen LogP contribution is -1.96. The normalized spacial score (nSPS) is 16.3. The average Bonchev–Trinajstić information content (AvgIpc) is 2.97. The third-order valence-corrected chi connectivity index (χ3v) is 4.19. The summed E-state index contributed by atoms with van der Waals surface area (Å²) < 4.78 is 1.07. The quantitative estimate of drug-likeness (QED) is 0.878. The van der Waals surface area contributed by atoms with E-state index >= 15 is 0 Å². The van der Waals surface area contributed by atoms with Gasteiger partial charge in [-0.3, -0.25) is 5.10 Å². The fraction of sp³-hybridized carbons (Fsp3) is 0.357. The molecule has 0 spiro atoms. The van der Waals surface area contributed by atoms with Crippen molar-refractivity contribution in [2.45, 2.75) is 31.6 Å². The Morgan fingerprint density at radius 1 is 1.28 bits per heavy atom. The van der Waals surface area contributed by atoms with Crippen LogP contribution in [0.15, 0.2) is 28.7 Å². The van der Waals surface area contributed by atoms with Gasteiger partial charge in [0.2, 0.25) is 0 Å². The molecule has 18 heavy (non-hydrogen) atoms. The van der Waals surface area contributed by atoms with E-state index in [1.165, 1.54) is 31.4 Å². The summed E-state index contributed by atoms with van der Waals surface area (Å²) in [7, 11) is 0. The molecule has 3 nitrogen and oxygen atoms in total. The Kier molecular flexibility index (Phi) is 3.12. The Hall–Kier alpha value is -1.29. The number of aromatic nitrogens is 2. The van der Waals surface area contributed by atoms with Crippen molar-refractivity contribution in [1.29, 1.82) is 0 Å². The van der Waals surface area contributed by atoms with Crippen molar-refractivity contribution in [3.63, 3.8) is 0 Å². The molecule has 0 amide bonds. The fourth-order valence-corrected chi connectivity index (χ4v) is 3.23. The number of aromatic amines is 1. The fourth-order valence-electron chi connectivity index (χ4n) is 2.83. The average molecular weight is 306 g/mol. The van der Waals surface area contributed by atoms with Crippen LogP contribution in [0.25, 0.3) is 11.1 Å². The van der Waals surface area contributed by atoms with Crippen LogP contribution in [0.2, 0.25) is 0 Å². The second kappa shape index (κ2) is 4.76. The molecular formula is C14H16BrN3. The van der Waals surface area contributed by atoms with Gasteiger partial charge in [-0.1, -0.05) is 40.9 Å². The molecule has 0 saturated heterocycles. The molecular weight excluding hydrogens is 290 g/mol. The minimum atomic E-state index is 0.587. The standard InChI is InChI=1S/C14H16BrN3/c15-11-7-3-6-10(8-11)12-13(17-18-14(12)16)9-4-1-2-5-9/h3,6-9H,1-2,4-5H2,(H3,16,17,18). The molecule has 0 radical (unpaired) electrons. The summed E-state index contributed by atoms with van der Waals surface area (Å²) in [4.78, 5) is 0. The van der Waals surface area contributed by atoms with Crippen LogP contribution in [0.1, 0.15) is 37.3 Å². The molecule has 1 saturated carbocycles. The molecule has 1 aromatic heterocycles. The first-order valence-corrected chi connectivity index (χ1v) is 7.14. The summed E-state index contributed by atoms with van der Waals surface area (Å²) in [5.74, 6) is 1.19. The maximum Gasteiger partial charge on any atom is 0.153 e. The van der Waals surface area contributed by atoms with E-state index in [1.807, 2.05) is 12.1 Å². The molecule has 3 rings (SSSR count). The van der Waals surface area contributed by atoms with Crippen molar-refractivity contribution < 1.29 is 0 Å². The zero-order chi connectivity index (χ0) is 12.5. The highest BCUT2D eigenvalue weighted by Gasteiger charge is 2.24. The van der Waals surface area contributed by atoms with Crippen molar-refractivity contribution in [1.82, 2.24) is 10.2 Å². The number of anilines is 1. The van der Waals surface area contributed by atoms with Gasteiger partial charge in [-0.2, -0.15) is 5.10 Å². The molecule has 1 aliphatic rings. The maximum atomic E-state index is 6.03. The number of nitrogens with zero attached hydrogens (tertiary/aromatic N) is 1. The van der Waals surface area contributed by atoms with Gasteiger partial charge in [-0.25, -0.2) is 0 Å². The van der Waals surface area contributed by atoms with Gasteiger partial charge in [0.15, 0.2) is 5.82 Å². The van der Waals surface area contributed by atoms with Crippen LogP contribution in [0.4, 0.5) is 5.82 Å². The second-order valence-electron chi connectivity index (χ2n) is 4.89. The molecule has 1 heterocycles. The van der Waals surface area contributed by atoms with E-state index < -0.39 is 0 Å². The minimum Gasteiger partial charge on any atom is -0.382 e. The predicted molar refractivity (Wildman–Crippen MR) is 77.3 cm³/mol. The SMILES string of the molecule is Nc1n[nH]c(C2CCCC2)c1-c1cccc(Br)c1. The summed E-state index contributed by atoms with van der Waals surface area (Å²) in [6.07, 6.45) is 5.09. The van der Waals surface area contributed by atoms with E-state index in [-0.39, 0.29) is 0 Å². The molecule has 0 atom stereocenters. The molecule has 4 heteroatoms. The van der Waals surface area contributed by atoms with E-state index in [1.54, 1.807) is 0 Å². The van der Waals surface area contributed by atoms with Crippen LogP contribution in [0.5, 0.6) is 0 Å². The number of nitrogen functional groups attached to an aromatic ring is 1. The number of hydrogen-bond acceptors (Lipinski definition) is 2. The maximum absolute atomic E-state index is 6.03. The Balaban J connectivity index is 2.07. The van der Waals surface area contributed by atoms with E-state index in [2.05, 4.69) is 38.3 Å². The predicted octanol–water partition coefficient (Wildman–Crippen LogP) is 4.08. The topological polar surface area (TPSA) is 54.7 Å². The van der Waals surface area contributed by atoms with Crippen LogP contribution < -0.4 is 5.73 Å². The lowest BCUT2D eigenvalue weighted by Gasteiger charge is -2.10. The third kappa shape index (κ3) is 2.05. The number of halogens is 1. The zero-order valence-electron chi connectivity index (χ0n) is 10.1. The highest BCUT2D eigenvalue weighted by Crippen LogP contribution is 2.40. The molecule has 0 aliphatic heterocycles. The number of rotatable bonds is 2. The molecule has 0 unspecified atom stereocenters. The van der Waals surface area contributed by atoms with Gasteiger partial charge < -0.3 is 5.73 Å². The largest absolute Gasteiger partial charge is 0.382 e. The Morgan fingerprint density at radius 3 is 2.78 bits per heavy atom. The van der Waals surface area contributed by atoms with Crippen LogP contribution >= 0.6 is 15.9 Å². The molecule has 0 bridgehead atoms. The summed E-state index contributed by atoms with van der Waals surface area (Å²) >= 11 is 3.51. The smallest absolute Gasteiger partial charge is 0.153 e. The van der Waals surface area contributed by atoms with Gasteiger partial charge in [0.05, 0.1) is 0 Å². The first-order chi connectivity index (χ1) is 8.75. The van der Waals surface area contributed by atoms with Gasteiger partial charge in [0.1, 0.15) is 0 Å². The summed E-state index contributed by atoms with van der Waals surface area (Å²) in [6.45, 7) is 0. The number of nitrogens with two attached hydrogens (primary N) is 1. The zero-order valence-corrected chi connectivity index (χ0v) is 11.7. The van der Waals surface area contributed by atoms with Crippen molar-refractivity contribution in [2.75, 3.05) is 5.73 Å². The van der Waals surface area contributed by atoms with Gasteiger partial charge >= 0.3 is 0 Å². The van der Waals surface area contributed by atoms with Crippen LogP contribution in [-0.2, 0) is 0 Å². The molecule has 1 aliphatic carbocycles. The summed E-state index contributed by atoms with van der Waals surface area (Å²) in [5, 5.41) is 7.35. The summed E-state index contributed by atoms with van der Waals surface area (Å²) in [5.41, 5.74) is 9.47. The number of benzene rings is 1. The lowest BCUT2D eigenvalue weighted by atomic mass is 9.96. The van der Waals surface area contributed by atoms with Gasteiger partial charge in [0, 0.05) is 21.6 Å². The first kappa shape index (κ1) is 11.8. The first-order valence-electron chi connectivity index (χ1n) is 6.35. The van der Waals surface area contributed by atoms with Crippen LogP contribution in [0, 0.1) is 0 Å². The minimum absolute atomic E-state index is 0.587. The molecule has 1 aromatic carbocycles. The third-order valence-electron chi connectivity index (χ3n) is 3.70. The van der Waals surface area contributed by atoms with Crippen molar-refractivity contribution >= 4 is 21.7 Å². The van der Waals surface area contributed by atoms with Gasteiger partial charge in [-0.05, 0) is 30.5 Å². The lowest BCUT2D eigenvalue weighted by molar-refractivity contribution is 0.694. The van der Waals surface area contributed by atoms with Crippen molar-refractivity contribution in [2.24, 2.45) is 0 Å². The van der Waals surface area contributed by atoms with Crippen LogP contribution in [-0.4, -0.2) is 10.2 Å².